The van der Waals surface area contributed by atoms with Crippen molar-refractivity contribution in [3.8, 4) is 11.5 Å². The van der Waals surface area contributed by atoms with E-state index in [-0.39, 0.29) is 29.0 Å². The Morgan fingerprint density at radius 1 is 0.964 bits per heavy atom. The van der Waals surface area contributed by atoms with Gasteiger partial charge in [0, 0.05) is 27.1 Å². The number of hydrogen-bond acceptors (Lipinski definition) is 6. The van der Waals surface area contributed by atoms with E-state index in [0.29, 0.717) is 20.6 Å². The normalized spacial score (nSPS) is 11.4. The molecule has 0 aliphatic carbocycles. The predicted octanol–water partition coefficient (Wildman–Crippen LogP) is 4.50. The second kappa shape index (κ2) is 8.48. The minimum absolute atomic E-state index is 0.0858. The molecule has 0 aliphatic rings. The lowest BCUT2D eigenvalue weighted by Crippen LogP contribution is -2.17. The smallest absolute Gasteiger partial charge is 0.322 e. The Hall–Kier alpha value is -2.13. The number of hydrogen-bond donors (Lipinski definition) is 1. The summed E-state index contributed by atoms with van der Waals surface area (Å²) in [5.41, 5.74) is 0.482. The summed E-state index contributed by atoms with van der Waals surface area (Å²) in [6, 6.07) is 10.2. The lowest BCUT2D eigenvalue weighted by atomic mass is 10.2. The number of rotatable bonds is 6. The van der Waals surface area contributed by atoms with E-state index in [1.165, 1.54) is 24.3 Å². The summed E-state index contributed by atoms with van der Waals surface area (Å²) in [6.45, 7) is 0. The summed E-state index contributed by atoms with van der Waals surface area (Å²) in [5.74, 6) is -0.865. The molecule has 146 valence electrons. The van der Waals surface area contributed by atoms with Gasteiger partial charge in [-0.15, -0.1) is 5.10 Å². The van der Waals surface area contributed by atoms with Crippen LogP contribution in [0.4, 0.5) is 6.01 Å². The highest BCUT2D eigenvalue weighted by Gasteiger charge is 2.18. The molecule has 1 aromatic heterocycles. The lowest BCUT2D eigenvalue weighted by molar-refractivity contribution is -0.115. The van der Waals surface area contributed by atoms with E-state index < -0.39 is 15.7 Å². The van der Waals surface area contributed by atoms with Crippen molar-refractivity contribution in [3.05, 3.63) is 57.5 Å². The van der Waals surface area contributed by atoms with Crippen LogP contribution in [0.3, 0.4) is 0 Å². The number of carbonyl (C=O) groups excluding carboxylic acids is 1. The van der Waals surface area contributed by atoms with Gasteiger partial charge in [-0.3, -0.25) is 10.1 Å². The van der Waals surface area contributed by atoms with Crippen molar-refractivity contribution in [2.24, 2.45) is 0 Å². The molecule has 28 heavy (non-hydrogen) atoms. The molecule has 1 N–H and O–H groups in total. The largest absolute Gasteiger partial charge is 0.403 e. The minimum Gasteiger partial charge on any atom is -0.403 e. The second-order valence-electron chi connectivity index (χ2n) is 5.64. The van der Waals surface area contributed by atoms with Gasteiger partial charge in [0.05, 0.1) is 10.6 Å². The number of nitrogens with one attached hydrogen (secondary N) is 1. The molecule has 0 bridgehead atoms. The zero-order chi connectivity index (χ0) is 20.3. The van der Waals surface area contributed by atoms with E-state index >= 15 is 0 Å². The fraction of sp³-hybridized carbons (Fsp3) is 0.118. The van der Waals surface area contributed by atoms with Gasteiger partial charge >= 0.3 is 6.01 Å². The molecule has 0 atom stereocenters. The van der Waals surface area contributed by atoms with Crippen LogP contribution in [0.2, 0.25) is 15.1 Å². The number of benzene rings is 2. The van der Waals surface area contributed by atoms with Gasteiger partial charge in [-0.05, 0) is 42.5 Å². The fourth-order valence-electron chi connectivity index (χ4n) is 2.24. The number of amides is 1. The Balaban J connectivity index is 1.62. The number of halogens is 3. The van der Waals surface area contributed by atoms with Crippen LogP contribution in [-0.2, 0) is 14.6 Å². The average Bonchev–Trinajstić information content (AvgIpc) is 3.08. The molecule has 3 rings (SSSR count). The van der Waals surface area contributed by atoms with Crippen molar-refractivity contribution in [3.63, 3.8) is 0 Å². The highest BCUT2D eigenvalue weighted by atomic mass is 35.5. The zero-order valence-electron chi connectivity index (χ0n) is 14.0. The maximum absolute atomic E-state index is 12.3. The Morgan fingerprint density at radius 2 is 1.61 bits per heavy atom. The third-order valence-electron chi connectivity index (χ3n) is 3.55. The molecule has 0 radical (unpaired) electrons. The average molecular weight is 461 g/mol. The van der Waals surface area contributed by atoms with Crippen LogP contribution >= 0.6 is 34.8 Å². The van der Waals surface area contributed by atoms with Gasteiger partial charge in [0.2, 0.25) is 11.8 Å². The highest BCUT2D eigenvalue weighted by Crippen LogP contribution is 2.27. The van der Waals surface area contributed by atoms with Gasteiger partial charge in [0.25, 0.3) is 0 Å². The molecule has 0 unspecified atom stereocenters. The van der Waals surface area contributed by atoms with Gasteiger partial charge in [-0.25, -0.2) is 8.42 Å². The van der Waals surface area contributed by atoms with E-state index in [2.05, 4.69) is 15.5 Å². The first-order valence-electron chi connectivity index (χ1n) is 7.81. The van der Waals surface area contributed by atoms with Crippen LogP contribution in [0.15, 0.2) is 51.8 Å². The van der Waals surface area contributed by atoms with Crippen molar-refractivity contribution in [2.45, 2.75) is 11.3 Å². The second-order valence-corrected chi connectivity index (χ2v) is 9.06. The molecule has 0 fully saturated rings. The SMILES string of the molecule is O=C(CCS(=O)(=O)c1ccc(Cl)cc1)Nc1nnc(-c2cc(Cl)cc(Cl)c2)o1. The Bertz CT molecular complexity index is 1090. The molecule has 2 aromatic carbocycles. The summed E-state index contributed by atoms with van der Waals surface area (Å²) in [6.07, 6.45) is -0.286. The number of carbonyl (C=O) groups is 1. The minimum atomic E-state index is -3.63. The third kappa shape index (κ3) is 5.23. The molecule has 0 saturated heterocycles. The van der Waals surface area contributed by atoms with Crippen molar-refractivity contribution < 1.29 is 17.6 Å². The van der Waals surface area contributed by atoms with Gasteiger partial charge in [0.1, 0.15) is 0 Å². The fourth-order valence-corrected chi connectivity index (χ4v) is 4.13. The summed E-state index contributed by atoms with van der Waals surface area (Å²) < 4.78 is 29.9. The van der Waals surface area contributed by atoms with Crippen LogP contribution in [0.25, 0.3) is 11.5 Å². The first kappa shape index (κ1) is 20.6. The first-order valence-corrected chi connectivity index (χ1v) is 10.6. The van der Waals surface area contributed by atoms with Gasteiger partial charge in [-0.1, -0.05) is 39.9 Å². The van der Waals surface area contributed by atoms with Crippen molar-refractivity contribution >= 4 is 56.6 Å². The van der Waals surface area contributed by atoms with Crippen LogP contribution in [0.1, 0.15) is 6.42 Å². The molecular formula is C17H12Cl3N3O4S. The van der Waals surface area contributed by atoms with Gasteiger partial charge < -0.3 is 4.42 Å². The standard InChI is InChI=1S/C17H12Cl3N3O4S/c18-11-1-3-14(4-2-11)28(25,26)6-5-15(24)21-17-23-22-16(27-17)10-7-12(19)9-13(20)8-10/h1-4,7-9H,5-6H2,(H,21,23,24). The predicted molar refractivity (Wildman–Crippen MR) is 107 cm³/mol. The number of anilines is 1. The first-order chi connectivity index (χ1) is 13.2. The van der Waals surface area contributed by atoms with Crippen LogP contribution in [0.5, 0.6) is 0 Å². The summed E-state index contributed by atoms with van der Waals surface area (Å²) in [4.78, 5) is 12.1. The molecule has 0 saturated carbocycles. The van der Waals surface area contributed by atoms with Crippen molar-refractivity contribution in [2.75, 3.05) is 11.1 Å². The molecule has 1 heterocycles. The summed E-state index contributed by atoms with van der Waals surface area (Å²) >= 11 is 17.6. The van der Waals surface area contributed by atoms with E-state index in [1.54, 1.807) is 18.2 Å². The Labute approximate surface area is 175 Å². The van der Waals surface area contributed by atoms with E-state index in [0.717, 1.165) is 0 Å². The Morgan fingerprint density at radius 3 is 2.25 bits per heavy atom. The van der Waals surface area contributed by atoms with E-state index in [9.17, 15) is 13.2 Å². The molecule has 3 aromatic rings. The molecule has 0 aliphatic heterocycles. The van der Waals surface area contributed by atoms with Crippen molar-refractivity contribution in [1.82, 2.24) is 10.2 Å². The topological polar surface area (TPSA) is 102 Å². The van der Waals surface area contributed by atoms with Gasteiger partial charge in [-0.2, -0.15) is 0 Å². The molecular weight excluding hydrogens is 449 g/mol. The molecule has 7 nitrogen and oxygen atoms in total. The van der Waals surface area contributed by atoms with Crippen LogP contribution in [-0.4, -0.2) is 30.3 Å². The quantitative estimate of drug-likeness (QED) is 0.581. The lowest BCUT2D eigenvalue weighted by Gasteiger charge is -2.04. The van der Waals surface area contributed by atoms with Crippen molar-refractivity contribution in [1.29, 1.82) is 0 Å². The summed E-state index contributed by atoms with van der Waals surface area (Å²) in [5, 5.41) is 11.1. The van der Waals surface area contributed by atoms with Gasteiger partial charge in [0.15, 0.2) is 9.84 Å². The zero-order valence-corrected chi connectivity index (χ0v) is 17.1. The Kier molecular flexibility index (Phi) is 6.24. The van der Waals surface area contributed by atoms with Crippen LogP contribution < -0.4 is 5.32 Å². The van der Waals surface area contributed by atoms with Crippen LogP contribution in [0, 0.1) is 0 Å². The highest BCUT2D eigenvalue weighted by molar-refractivity contribution is 7.91. The maximum atomic E-state index is 12.3. The monoisotopic (exact) mass is 459 g/mol. The third-order valence-corrected chi connectivity index (χ3v) is 5.97. The number of sulfone groups is 1. The molecule has 1 amide bonds. The number of aromatic nitrogens is 2. The molecule has 11 heteroatoms. The summed E-state index contributed by atoms with van der Waals surface area (Å²) in [7, 11) is -3.63. The molecule has 0 spiro atoms. The van der Waals surface area contributed by atoms with E-state index in [1.807, 2.05) is 0 Å². The maximum Gasteiger partial charge on any atom is 0.322 e. The van der Waals surface area contributed by atoms with E-state index in [4.69, 9.17) is 39.2 Å². The number of nitrogens with zero attached hydrogens (tertiary/aromatic N) is 2.